The second-order valence-electron chi connectivity index (χ2n) is 6.25. The molecule has 0 atom stereocenters. The normalized spacial score (nSPS) is 14.5. The molecule has 0 unspecified atom stereocenters. The highest BCUT2D eigenvalue weighted by Crippen LogP contribution is 2.14. The van der Waals surface area contributed by atoms with Crippen LogP contribution in [0.3, 0.4) is 0 Å². The number of fused-ring (bicyclic) bond motifs is 1. The number of ether oxygens (including phenoxy) is 1. The Balaban J connectivity index is 1.51. The molecule has 3 rings (SSSR count). The molecule has 26 heavy (non-hydrogen) atoms. The van der Waals surface area contributed by atoms with Crippen molar-refractivity contribution in [3.63, 3.8) is 0 Å². The van der Waals surface area contributed by atoms with Gasteiger partial charge in [0.15, 0.2) is 0 Å². The summed E-state index contributed by atoms with van der Waals surface area (Å²) < 4.78 is 19.7. The van der Waals surface area contributed by atoms with E-state index in [2.05, 4.69) is 21.4 Å². The van der Waals surface area contributed by atoms with Gasteiger partial charge in [-0.2, -0.15) is 5.10 Å². The first-order chi connectivity index (χ1) is 12.6. The largest absolute Gasteiger partial charge is 0.375 e. The van der Waals surface area contributed by atoms with Gasteiger partial charge in [-0.3, -0.25) is 14.4 Å². The van der Waals surface area contributed by atoms with Crippen LogP contribution >= 0.6 is 0 Å². The number of carbonyl (C=O) groups is 1. The minimum absolute atomic E-state index is 0.0573. The minimum Gasteiger partial charge on any atom is -0.375 e. The molecule has 1 aliphatic rings. The van der Waals surface area contributed by atoms with E-state index in [0.29, 0.717) is 6.54 Å². The van der Waals surface area contributed by atoms with E-state index in [1.807, 2.05) is 16.8 Å². The molecule has 1 aliphatic heterocycles. The van der Waals surface area contributed by atoms with Gasteiger partial charge in [0, 0.05) is 26.7 Å². The summed E-state index contributed by atoms with van der Waals surface area (Å²) in [6, 6.07) is 8.49. The van der Waals surface area contributed by atoms with Crippen molar-refractivity contribution >= 4 is 12.0 Å². The molecule has 1 aromatic carbocycles. The molecular weight excluding hydrogens is 335 g/mol. The molecule has 0 fully saturated rings. The van der Waals surface area contributed by atoms with E-state index < -0.39 is 0 Å². The minimum atomic E-state index is -0.222. The fourth-order valence-electron chi connectivity index (χ4n) is 2.91. The number of nitrogens with one attached hydrogen (secondary N) is 1. The SMILES string of the molecule is COCC(=O)NCc1cc2n(n1)CCN(CC=Cc1ccc(F)cc1)C2. The number of hydrogen-bond acceptors (Lipinski definition) is 4. The number of carbonyl (C=O) groups excluding carboxylic acids is 1. The van der Waals surface area contributed by atoms with Crippen molar-refractivity contribution in [2.75, 3.05) is 26.8 Å². The molecule has 1 N–H and O–H groups in total. The summed E-state index contributed by atoms with van der Waals surface area (Å²) in [5.41, 5.74) is 2.98. The summed E-state index contributed by atoms with van der Waals surface area (Å²) >= 11 is 0. The molecule has 0 saturated heterocycles. The average molecular weight is 358 g/mol. The van der Waals surface area contributed by atoms with Gasteiger partial charge < -0.3 is 10.1 Å². The maximum Gasteiger partial charge on any atom is 0.246 e. The van der Waals surface area contributed by atoms with E-state index in [4.69, 9.17) is 4.74 Å². The molecule has 2 heterocycles. The number of halogens is 1. The van der Waals surface area contributed by atoms with Crippen LogP contribution in [0.15, 0.2) is 36.4 Å². The third kappa shape index (κ3) is 5.00. The van der Waals surface area contributed by atoms with Crippen LogP contribution in [0.5, 0.6) is 0 Å². The summed E-state index contributed by atoms with van der Waals surface area (Å²) in [7, 11) is 1.49. The van der Waals surface area contributed by atoms with Gasteiger partial charge >= 0.3 is 0 Å². The predicted molar refractivity (Wildman–Crippen MR) is 96.7 cm³/mol. The van der Waals surface area contributed by atoms with Crippen LogP contribution in [-0.2, 0) is 29.2 Å². The van der Waals surface area contributed by atoms with Gasteiger partial charge in [0.2, 0.25) is 5.91 Å². The molecule has 2 aromatic rings. The van der Waals surface area contributed by atoms with Gasteiger partial charge in [-0.1, -0.05) is 24.3 Å². The first-order valence-corrected chi connectivity index (χ1v) is 8.60. The van der Waals surface area contributed by atoms with Gasteiger partial charge in [-0.05, 0) is 23.8 Å². The Bertz CT molecular complexity index is 770. The van der Waals surface area contributed by atoms with Crippen molar-refractivity contribution in [2.24, 2.45) is 0 Å². The molecule has 6 nitrogen and oxygen atoms in total. The lowest BCUT2D eigenvalue weighted by Crippen LogP contribution is -2.33. The topological polar surface area (TPSA) is 59.4 Å². The van der Waals surface area contributed by atoms with E-state index in [1.54, 1.807) is 12.1 Å². The summed E-state index contributed by atoms with van der Waals surface area (Å²) in [5, 5.41) is 7.32. The molecule has 7 heteroatoms. The Labute approximate surface area is 152 Å². The highest BCUT2D eigenvalue weighted by atomic mass is 19.1. The van der Waals surface area contributed by atoms with Gasteiger partial charge in [-0.25, -0.2) is 4.39 Å². The van der Waals surface area contributed by atoms with Crippen LogP contribution < -0.4 is 5.32 Å². The van der Waals surface area contributed by atoms with Crippen molar-refractivity contribution < 1.29 is 13.9 Å². The first-order valence-electron chi connectivity index (χ1n) is 8.60. The molecule has 0 spiro atoms. The number of nitrogens with zero attached hydrogens (tertiary/aromatic N) is 3. The average Bonchev–Trinajstić information content (AvgIpc) is 3.04. The Morgan fingerprint density at radius 2 is 2.15 bits per heavy atom. The fourth-order valence-corrected chi connectivity index (χ4v) is 2.91. The number of aromatic nitrogens is 2. The van der Waals surface area contributed by atoms with E-state index >= 15 is 0 Å². The Kier molecular flexibility index (Phi) is 6.14. The predicted octanol–water partition coefficient (Wildman–Crippen LogP) is 1.81. The van der Waals surface area contributed by atoms with Crippen molar-refractivity contribution in [1.82, 2.24) is 20.0 Å². The standard InChI is InChI=1S/C19H23FN4O2/c1-26-14-19(25)21-12-17-11-18-13-23(9-10-24(18)22-17)8-2-3-15-4-6-16(20)7-5-15/h2-7,11H,8-10,12-14H2,1H3,(H,21,25). The van der Waals surface area contributed by atoms with Crippen LogP contribution in [0.25, 0.3) is 6.08 Å². The number of rotatable bonds is 7. The summed E-state index contributed by atoms with van der Waals surface area (Å²) in [6.07, 6.45) is 4.09. The van der Waals surface area contributed by atoms with Crippen LogP contribution in [0.1, 0.15) is 17.0 Å². The molecule has 1 aromatic heterocycles. The van der Waals surface area contributed by atoms with Crippen LogP contribution in [0, 0.1) is 5.82 Å². The zero-order valence-electron chi connectivity index (χ0n) is 14.8. The highest BCUT2D eigenvalue weighted by Gasteiger charge is 2.17. The van der Waals surface area contributed by atoms with E-state index in [1.165, 1.54) is 19.2 Å². The Hall–Kier alpha value is -2.51. The van der Waals surface area contributed by atoms with E-state index in [-0.39, 0.29) is 18.3 Å². The van der Waals surface area contributed by atoms with Crippen molar-refractivity contribution in [2.45, 2.75) is 19.6 Å². The Morgan fingerprint density at radius 1 is 1.35 bits per heavy atom. The zero-order chi connectivity index (χ0) is 18.4. The number of methoxy groups -OCH3 is 1. The highest BCUT2D eigenvalue weighted by molar-refractivity contribution is 5.77. The molecule has 138 valence electrons. The maximum atomic E-state index is 12.9. The molecular formula is C19H23FN4O2. The van der Waals surface area contributed by atoms with Crippen LogP contribution in [0.4, 0.5) is 4.39 Å². The third-order valence-corrected chi connectivity index (χ3v) is 4.21. The number of hydrogen-bond donors (Lipinski definition) is 1. The maximum absolute atomic E-state index is 12.9. The second-order valence-corrected chi connectivity index (χ2v) is 6.25. The van der Waals surface area contributed by atoms with Crippen molar-refractivity contribution in [1.29, 1.82) is 0 Å². The van der Waals surface area contributed by atoms with Crippen LogP contribution in [0.2, 0.25) is 0 Å². The third-order valence-electron chi connectivity index (χ3n) is 4.21. The van der Waals surface area contributed by atoms with Gasteiger partial charge in [0.1, 0.15) is 12.4 Å². The second kappa shape index (κ2) is 8.73. The molecule has 1 amide bonds. The fraction of sp³-hybridized carbons (Fsp3) is 0.368. The zero-order valence-corrected chi connectivity index (χ0v) is 14.8. The molecule has 0 bridgehead atoms. The number of amides is 1. The van der Waals surface area contributed by atoms with E-state index in [9.17, 15) is 9.18 Å². The smallest absolute Gasteiger partial charge is 0.246 e. The van der Waals surface area contributed by atoms with Gasteiger partial charge in [0.05, 0.1) is 24.5 Å². The summed E-state index contributed by atoms with van der Waals surface area (Å²) in [4.78, 5) is 13.8. The van der Waals surface area contributed by atoms with E-state index in [0.717, 1.165) is 43.1 Å². The molecule has 0 aliphatic carbocycles. The monoisotopic (exact) mass is 358 g/mol. The lowest BCUT2D eigenvalue weighted by atomic mass is 10.2. The molecule has 0 radical (unpaired) electrons. The number of benzene rings is 1. The first kappa shape index (κ1) is 18.3. The molecule has 0 saturated carbocycles. The lowest BCUT2D eigenvalue weighted by Gasteiger charge is -2.26. The lowest BCUT2D eigenvalue weighted by molar-refractivity contribution is -0.124. The van der Waals surface area contributed by atoms with Gasteiger partial charge in [0.25, 0.3) is 0 Å². The van der Waals surface area contributed by atoms with Gasteiger partial charge in [-0.15, -0.1) is 0 Å². The quantitative estimate of drug-likeness (QED) is 0.820. The van der Waals surface area contributed by atoms with Crippen molar-refractivity contribution in [3.8, 4) is 0 Å². The summed E-state index contributed by atoms with van der Waals surface area (Å²) in [5.74, 6) is -0.369. The Morgan fingerprint density at radius 3 is 2.92 bits per heavy atom. The van der Waals surface area contributed by atoms with Crippen molar-refractivity contribution in [3.05, 3.63) is 59.2 Å². The van der Waals surface area contributed by atoms with Crippen LogP contribution in [-0.4, -0.2) is 47.4 Å². The summed E-state index contributed by atoms with van der Waals surface area (Å²) in [6.45, 7) is 3.84.